The Labute approximate surface area is 192 Å². The Hall–Kier alpha value is -4.07. The average molecular weight is 467 g/mol. The molecular formula is C26H20F3NO4. The number of rotatable bonds is 6. The molecule has 0 saturated heterocycles. The minimum Gasteiger partial charge on any atom is -0.478 e. The predicted octanol–water partition coefficient (Wildman–Crippen LogP) is 6.72. The molecule has 0 aliphatic rings. The third-order valence-electron chi connectivity index (χ3n) is 5.61. The van der Waals surface area contributed by atoms with Crippen molar-refractivity contribution in [3.63, 3.8) is 0 Å². The first kappa shape index (κ1) is 23.1. The standard InChI is InChI=1S/C26H20F3NO4/c1-13-22(31)20-12-17(27)11-19(14(2)30-21-9-4-3-8-18(21)26(32)33)24(20)34-23(13)15-6-5-7-16(10-15)25(28)29/h3-12,14,25,30H,1-2H3,(H,32,33)/t14-/m1/s1. The number of benzene rings is 3. The van der Waals surface area contributed by atoms with Crippen LogP contribution in [-0.2, 0) is 0 Å². The molecule has 3 aromatic carbocycles. The van der Waals surface area contributed by atoms with Gasteiger partial charge in [-0.3, -0.25) is 4.79 Å². The van der Waals surface area contributed by atoms with E-state index in [0.717, 1.165) is 6.07 Å². The second-order valence-corrected chi connectivity index (χ2v) is 7.90. The molecule has 0 aliphatic carbocycles. The second-order valence-electron chi connectivity index (χ2n) is 7.90. The van der Waals surface area contributed by atoms with E-state index in [1.165, 1.54) is 37.3 Å². The maximum atomic E-state index is 14.5. The number of fused-ring (bicyclic) bond motifs is 1. The first-order valence-electron chi connectivity index (χ1n) is 10.4. The molecule has 1 aromatic heterocycles. The summed E-state index contributed by atoms with van der Waals surface area (Å²) in [5.74, 6) is -1.70. The van der Waals surface area contributed by atoms with Crippen molar-refractivity contribution in [2.24, 2.45) is 0 Å². The monoisotopic (exact) mass is 467 g/mol. The minimum atomic E-state index is -2.70. The van der Waals surface area contributed by atoms with Gasteiger partial charge in [-0.25, -0.2) is 18.0 Å². The fourth-order valence-corrected chi connectivity index (χ4v) is 3.90. The Morgan fingerprint density at radius 2 is 1.79 bits per heavy atom. The number of carboxylic acid groups (broad SMARTS) is 1. The van der Waals surface area contributed by atoms with Crippen molar-refractivity contribution in [3.05, 3.63) is 99.0 Å². The first-order chi connectivity index (χ1) is 16.2. The number of hydrogen-bond acceptors (Lipinski definition) is 4. The third-order valence-corrected chi connectivity index (χ3v) is 5.61. The molecule has 0 saturated carbocycles. The molecule has 0 fully saturated rings. The summed E-state index contributed by atoms with van der Waals surface area (Å²) < 4.78 is 47.0. The normalized spacial score (nSPS) is 12.2. The van der Waals surface area contributed by atoms with E-state index in [4.69, 9.17) is 4.42 Å². The van der Waals surface area contributed by atoms with Gasteiger partial charge in [-0.1, -0.05) is 30.3 Å². The number of para-hydroxylation sites is 1. The maximum absolute atomic E-state index is 14.5. The Balaban J connectivity index is 1.89. The Morgan fingerprint density at radius 1 is 1.06 bits per heavy atom. The molecule has 4 rings (SSSR count). The Bertz CT molecular complexity index is 1460. The Kier molecular flexibility index (Phi) is 6.15. The lowest BCUT2D eigenvalue weighted by Crippen LogP contribution is -2.14. The number of hydrogen-bond donors (Lipinski definition) is 2. The lowest BCUT2D eigenvalue weighted by molar-refractivity contribution is 0.0698. The summed E-state index contributed by atoms with van der Waals surface area (Å²) in [6.45, 7) is 3.16. The summed E-state index contributed by atoms with van der Waals surface area (Å²) in [6.07, 6.45) is -2.70. The smallest absolute Gasteiger partial charge is 0.337 e. The summed E-state index contributed by atoms with van der Waals surface area (Å²) in [5, 5.41) is 12.5. The zero-order valence-corrected chi connectivity index (χ0v) is 18.2. The van der Waals surface area contributed by atoms with Crippen LogP contribution in [0.3, 0.4) is 0 Å². The van der Waals surface area contributed by atoms with E-state index in [1.807, 2.05) is 0 Å². The van der Waals surface area contributed by atoms with Crippen LogP contribution in [0, 0.1) is 12.7 Å². The molecule has 0 bridgehead atoms. The fourth-order valence-electron chi connectivity index (χ4n) is 3.90. The van der Waals surface area contributed by atoms with Crippen molar-refractivity contribution in [1.82, 2.24) is 0 Å². The van der Waals surface area contributed by atoms with E-state index in [-0.39, 0.29) is 39.0 Å². The summed E-state index contributed by atoms with van der Waals surface area (Å²) in [5.41, 5.74) is 0.433. The predicted molar refractivity (Wildman–Crippen MR) is 123 cm³/mol. The zero-order valence-electron chi connectivity index (χ0n) is 18.2. The first-order valence-corrected chi connectivity index (χ1v) is 10.4. The van der Waals surface area contributed by atoms with Crippen LogP contribution in [0.2, 0.25) is 0 Å². The SMILES string of the molecule is Cc1c(-c2cccc(C(F)F)c2)oc2c([C@@H](C)Nc3ccccc3C(=O)O)cc(F)cc2c1=O. The van der Waals surface area contributed by atoms with Crippen LogP contribution in [0.15, 0.2) is 69.9 Å². The fraction of sp³-hybridized carbons (Fsp3) is 0.154. The van der Waals surface area contributed by atoms with Gasteiger partial charge in [-0.05, 0) is 44.2 Å². The molecule has 5 nitrogen and oxygen atoms in total. The largest absolute Gasteiger partial charge is 0.478 e. The van der Waals surface area contributed by atoms with E-state index in [0.29, 0.717) is 11.3 Å². The highest BCUT2D eigenvalue weighted by Crippen LogP contribution is 2.33. The highest BCUT2D eigenvalue weighted by Gasteiger charge is 2.21. The van der Waals surface area contributed by atoms with E-state index in [9.17, 15) is 27.9 Å². The topological polar surface area (TPSA) is 79.5 Å². The van der Waals surface area contributed by atoms with Gasteiger partial charge in [0.15, 0.2) is 5.43 Å². The van der Waals surface area contributed by atoms with E-state index < -0.39 is 29.7 Å². The van der Waals surface area contributed by atoms with Gasteiger partial charge in [0, 0.05) is 27.9 Å². The number of alkyl halides is 2. The number of carboxylic acids is 1. The molecule has 1 atom stereocenters. The van der Waals surface area contributed by atoms with Crippen molar-refractivity contribution >= 4 is 22.6 Å². The average Bonchev–Trinajstić information content (AvgIpc) is 2.81. The molecule has 0 amide bonds. The van der Waals surface area contributed by atoms with Crippen LogP contribution in [0.1, 0.15) is 46.4 Å². The van der Waals surface area contributed by atoms with Gasteiger partial charge in [0.2, 0.25) is 0 Å². The molecule has 174 valence electrons. The molecule has 34 heavy (non-hydrogen) atoms. The van der Waals surface area contributed by atoms with Gasteiger partial charge in [-0.15, -0.1) is 0 Å². The second kappa shape index (κ2) is 9.05. The number of carbonyl (C=O) groups is 1. The number of anilines is 1. The molecule has 0 spiro atoms. The molecule has 2 N–H and O–H groups in total. The van der Waals surface area contributed by atoms with Gasteiger partial charge in [-0.2, -0.15) is 0 Å². The molecule has 0 unspecified atom stereocenters. The van der Waals surface area contributed by atoms with Crippen LogP contribution in [0.25, 0.3) is 22.3 Å². The van der Waals surface area contributed by atoms with Crippen molar-refractivity contribution in [3.8, 4) is 11.3 Å². The number of halogens is 3. The van der Waals surface area contributed by atoms with E-state index in [1.54, 1.807) is 31.2 Å². The van der Waals surface area contributed by atoms with Crippen molar-refractivity contribution in [2.45, 2.75) is 26.3 Å². The number of aromatic carboxylic acids is 1. The van der Waals surface area contributed by atoms with Crippen LogP contribution < -0.4 is 10.7 Å². The van der Waals surface area contributed by atoms with Gasteiger partial charge in [0.05, 0.1) is 17.0 Å². The maximum Gasteiger partial charge on any atom is 0.337 e. The van der Waals surface area contributed by atoms with Crippen LogP contribution in [0.4, 0.5) is 18.9 Å². The lowest BCUT2D eigenvalue weighted by Gasteiger charge is -2.19. The van der Waals surface area contributed by atoms with Crippen molar-refractivity contribution in [1.29, 1.82) is 0 Å². The summed E-state index contributed by atoms with van der Waals surface area (Å²) in [6, 6.07) is 13.4. The van der Waals surface area contributed by atoms with Gasteiger partial charge >= 0.3 is 5.97 Å². The summed E-state index contributed by atoms with van der Waals surface area (Å²) in [7, 11) is 0. The molecule has 0 aliphatic heterocycles. The van der Waals surface area contributed by atoms with Crippen LogP contribution in [-0.4, -0.2) is 11.1 Å². The van der Waals surface area contributed by atoms with Crippen molar-refractivity contribution < 1.29 is 27.5 Å². The lowest BCUT2D eigenvalue weighted by atomic mass is 10.00. The van der Waals surface area contributed by atoms with Gasteiger partial charge < -0.3 is 14.8 Å². The third kappa shape index (κ3) is 4.26. The molecule has 1 heterocycles. The Morgan fingerprint density at radius 3 is 2.50 bits per heavy atom. The highest BCUT2D eigenvalue weighted by atomic mass is 19.3. The van der Waals surface area contributed by atoms with Gasteiger partial charge in [0.1, 0.15) is 17.2 Å². The zero-order chi connectivity index (χ0) is 24.6. The van der Waals surface area contributed by atoms with Gasteiger partial charge in [0.25, 0.3) is 6.43 Å². The number of nitrogens with one attached hydrogen (secondary N) is 1. The molecule has 8 heteroatoms. The van der Waals surface area contributed by atoms with E-state index in [2.05, 4.69) is 5.32 Å². The van der Waals surface area contributed by atoms with Crippen LogP contribution >= 0.6 is 0 Å². The molecule has 4 aromatic rings. The summed E-state index contributed by atoms with van der Waals surface area (Å²) >= 11 is 0. The quantitative estimate of drug-likeness (QED) is 0.329. The highest BCUT2D eigenvalue weighted by molar-refractivity contribution is 5.94. The molecular weight excluding hydrogens is 447 g/mol. The van der Waals surface area contributed by atoms with Crippen LogP contribution in [0.5, 0.6) is 0 Å². The summed E-state index contributed by atoms with van der Waals surface area (Å²) in [4.78, 5) is 24.6. The minimum absolute atomic E-state index is 0.00133. The van der Waals surface area contributed by atoms with Crippen molar-refractivity contribution in [2.75, 3.05) is 5.32 Å². The molecule has 0 radical (unpaired) electrons. The van der Waals surface area contributed by atoms with E-state index >= 15 is 0 Å².